The minimum atomic E-state index is -0.582. The third kappa shape index (κ3) is 2.85. The predicted molar refractivity (Wildman–Crippen MR) is 134 cm³/mol. The molecule has 33 heavy (non-hydrogen) atoms. The molecule has 3 N–H and O–H groups in total. The van der Waals surface area contributed by atoms with E-state index in [2.05, 4.69) is 41.5 Å². The maximum atomic E-state index is 11.5. The van der Waals surface area contributed by atoms with Gasteiger partial charge in [0.1, 0.15) is 0 Å². The molecule has 0 radical (unpaired) electrons. The summed E-state index contributed by atoms with van der Waals surface area (Å²) in [4.78, 5) is 0. The molecule has 190 valence electrons. The first-order valence-corrected chi connectivity index (χ1v) is 14.1. The van der Waals surface area contributed by atoms with Gasteiger partial charge < -0.3 is 15.3 Å². The summed E-state index contributed by atoms with van der Waals surface area (Å²) < 4.78 is 0. The Kier molecular flexibility index (Phi) is 5.21. The van der Waals surface area contributed by atoms with E-state index in [0.717, 1.165) is 6.42 Å². The summed E-state index contributed by atoms with van der Waals surface area (Å²) in [6.45, 7) is 18.8. The molecule has 0 aromatic carbocycles. The van der Waals surface area contributed by atoms with Crippen LogP contribution in [0.25, 0.3) is 0 Å². The second-order valence-electron chi connectivity index (χ2n) is 15.5. The van der Waals surface area contributed by atoms with Gasteiger partial charge in [0, 0.05) is 11.8 Å². The number of hydrogen-bond donors (Lipinski definition) is 3. The summed E-state index contributed by atoms with van der Waals surface area (Å²) in [7, 11) is 0. The van der Waals surface area contributed by atoms with Crippen molar-refractivity contribution in [3.8, 4) is 0 Å². The van der Waals surface area contributed by atoms with Crippen molar-refractivity contribution in [1.82, 2.24) is 0 Å². The van der Waals surface area contributed by atoms with Crippen molar-refractivity contribution < 1.29 is 15.3 Å². The van der Waals surface area contributed by atoms with Crippen LogP contribution in [0.2, 0.25) is 0 Å². The van der Waals surface area contributed by atoms with Crippen LogP contribution in [0.1, 0.15) is 113 Å². The normalized spacial score (nSPS) is 58.1. The third-order valence-corrected chi connectivity index (χ3v) is 14.0. The average molecular weight is 461 g/mol. The zero-order chi connectivity index (χ0) is 24.4. The van der Waals surface area contributed by atoms with Crippen LogP contribution in [0.4, 0.5) is 0 Å². The lowest BCUT2D eigenvalue weighted by molar-refractivity contribution is -0.277. The van der Waals surface area contributed by atoms with E-state index in [0.29, 0.717) is 41.4 Å². The Morgan fingerprint density at radius 2 is 1.24 bits per heavy atom. The van der Waals surface area contributed by atoms with Gasteiger partial charge in [-0.2, -0.15) is 0 Å². The summed E-state index contributed by atoms with van der Waals surface area (Å²) >= 11 is 0. The van der Waals surface area contributed by atoms with Crippen LogP contribution >= 0.6 is 0 Å². The summed E-state index contributed by atoms with van der Waals surface area (Å²) in [5.74, 6) is 2.65. The Hall–Kier alpha value is -0.120. The van der Waals surface area contributed by atoms with Gasteiger partial charge in [-0.1, -0.05) is 41.5 Å². The minimum Gasteiger partial charge on any atom is -0.392 e. The van der Waals surface area contributed by atoms with Crippen LogP contribution < -0.4 is 0 Å². The van der Waals surface area contributed by atoms with E-state index in [1.807, 2.05) is 13.8 Å². The quantitative estimate of drug-likeness (QED) is 0.437. The summed E-state index contributed by atoms with van der Waals surface area (Å²) in [6, 6.07) is 0. The molecule has 11 atom stereocenters. The number of fused-ring (bicyclic) bond motifs is 7. The van der Waals surface area contributed by atoms with Crippen LogP contribution in [-0.4, -0.2) is 33.1 Å². The molecule has 5 aliphatic carbocycles. The molecule has 3 nitrogen and oxygen atoms in total. The van der Waals surface area contributed by atoms with Gasteiger partial charge in [0.15, 0.2) is 0 Å². The van der Waals surface area contributed by atoms with Gasteiger partial charge in [0.25, 0.3) is 0 Å². The molecule has 0 aliphatic heterocycles. The van der Waals surface area contributed by atoms with Crippen molar-refractivity contribution in [2.24, 2.45) is 56.7 Å². The molecule has 0 saturated heterocycles. The number of aliphatic hydroxyl groups excluding tert-OH is 2. The van der Waals surface area contributed by atoms with Gasteiger partial charge in [-0.3, -0.25) is 0 Å². The first-order valence-electron chi connectivity index (χ1n) is 14.1. The number of rotatable bonds is 1. The van der Waals surface area contributed by atoms with Crippen LogP contribution in [0.15, 0.2) is 0 Å². The molecule has 0 aromatic rings. The van der Waals surface area contributed by atoms with Gasteiger partial charge in [0.2, 0.25) is 0 Å². The fraction of sp³-hybridized carbons (Fsp3) is 1.00. The molecular formula is C30H52O3. The SMILES string of the molecule is CC(C)(O)[C@H]1CC[C@]2(C)[C@H]3CC[C@H]4[C@@]5(C)[C@H](O)C[C@H](O)C(C)(C)[C@H]5CC[C@@]4(C)[C@]3(C)CC[C@@H]12. The van der Waals surface area contributed by atoms with Gasteiger partial charge in [-0.05, 0) is 116 Å². The second-order valence-corrected chi connectivity index (χ2v) is 15.5. The molecule has 5 fully saturated rings. The molecule has 0 spiro atoms. The van der Waals surface area contributed by atoms with E-state index in [1.165, 1.54) is 44.9 Å². The zero-order valence-corrected chi connectivity index (χ0v) is 22.7. The highest BCUT2D eigenvalue weighted by Gasteiger charge is 2.72. The second kappa shape index (κ2) is 7.00. The predicted octanol–water partition coefficient (Wildman–Crippen LogP) is 6.19. The average Bonchev–Trinajstić information content (AvgIpc) is 3.05. The van der Waals surface area contributed by atoms with Crippen LogP contribution in [0.3, 0.4) is 0 Å². The third-order valence-electron chi connectivity index (χ3n) is 14.0. The Bertz CT molecular complexity index is 799. The molecule has 0 unspecified atom stereocenters. The molecule has 5 saturated carbocycles. The largest absolute Gasteiger partial charge is 0.392 e. The number of aliphatic hydroxyl groups is 3. The van der Waals surface area contributed by atoms with Gasteiger partial charge in [0.05, 0.1) is 17.8 Å². The van der Waals surface area contributed by atoms with E-state index >= 15 is 0 Å². The van der Waals surface area contributed by atoms with Crippen LogP contribution in [-0.2, 0) is 0 Å². The minimum absolute atomic E-state index is 0.118. The van der Waals surface area contributed by atoms with E-state index in [9.17, 15) is 15.3 Å². The van der Waals surface area contributed by atoms with Crippen molar-refractivity contribution in [2.45, 2.75) is 131 Å². The van der Waals surface area contributed by atoms with Crippen molar-refractivity contribution in [2.75, 3.05) is 0 Å². The fourth-order valence-corrected chi connectivity index (χ4v) is 12.0. The van der Waals surface area contributed by atoms with Crippen molar-refractivity contribution in [3.05, 3.63) is 0 Å². The Morgan fingerprint density at radius 3 is 1.88 bits per heavy atom. The van der Waals surface area contributed by atoms with Crippen molar-refractivity contribution in [3.63, 3.8) is 0 Å². The lowest BCUT2D eigenvalue weighted by atomic mass is 9.31. The Labute approximate surface area is 203 Å². The molecule has 5 aliphatic rings. The maximum absolute atomic E-state index is 11.5. The topological polar surface area (TPSA) is 60.7 Å². The fourth-order valence-electron chi connectivity index (χ4n) is 12.0. The smallest absolute Gasteiger partial charge is 0.0624 e. The highest BCUT2D eigenvalue weighted by Crippen LogP contribution is 2.78. The maximum Gasteiger partial charge on any atom is 0.0624 e. The molecule has 3 heteroatoms. The molecule has 0 heterocycles. The molecule has 0 aromatic heterocycles. The first kappa shape index (κ1) is 24.6. The monoisotopic (exact) mass is 460 g/mol. The van der Waals surface area contributed by atoms with Gasteiger partial charge in [-0.25, -0.2) is 0 Å². The summed E-state index contributed by atoms with van der Waals surface area (Å²) in [5, 5.41) is 33.4. The highest BCUT2D eigenvalue weighted by molar-refractivity contribution is 5.21. The van der Waals surface area contributed by atoms with Gasteiger partial charge >= 0.3 is 0 Å². The molecule has 0 bridgehead atoms. The molecule has 0 amide bonds. The van der Waals surface area contributed by atoms with E-state index in [-0.39, 0.29) is 21.7 Å². The van der Waals surface area contributed by atoms with E-state index in [4.69, 9.17) is 0 Å². The zero-order valence-electron chi connectivity index (χ0n) is 22.7. The number of hydrogen-bond acceptors (Lipinski definition) is 3. The first-order chi connectivity index (χ1) is 15.0. The van der Waals surface area contributed by atoms with Crippen LogP contribution in [0.5, 0.6) is 0 Å². The Morgan fingerprint density at radius 1 is 0.667 bits per heavy atom. The summed E-state index contributed by atoms with van der Waals surface area (Å²) in [5.41, 5.74) is -0.00872. The molecule has 5 rings (SSSR count). The van der Waals surface area contributed by atoms with Gasteiger partial charge in [-0.15, -0.1) is 0 Å². The molecular weight excluding hydrogens is 408 g/mol. The highest BCUT2D eigenvalue weighted by atomic mass is 16.3. The van der Waals surface area contributed by atoms with E-state index < -0.39 is 17.8 Å². The Balaban J connectivity index is 1.54. The van der Waals surface area contributed by atoms with Crippen molar-refractivity contribution >= 4 is 0 Å². The lowest BCUT2D eigenvalue weighted by Crippen LogP contribution is -2.69. The van der Waals surface area contributed by atoms with Crippen LogP contribution in [0, 0.1) is 56.7 Å². The van der Waals surface area contributed by atoms with E-state index in [1.54, 1.807) is 0 Å². The standard InChI is InChI=1S/C30H52O3/c1-25(2)20-13-16-29(7)22(30(20,8)24(32)17-23(25)31)10-9-21-27(5)14-11-18(26(3,4)33)19(27)12-15-28(21,29)6/h18-24,31-33H,9-17H2,1-8H3/t18-,19-,20+,21+,22+,23-,24+,27-,28+,29+,30-/m0/s1. The lowest BCUT2D eigenvalue weighted by Gasteiger charge is -2.74. The van der Waals surface area contributed by atoms with Crippen molar-refractivity contribution in [1.29, 1.82) is 0 Å². The summed E-state index contributed by atoms with van der Waals surface area (Å²) in [6.07, 6.45) is 9.47.